The summed E-state index contributed by atoms with van der Waals surface area (Å²) in [4.78, 5) is 38.5. The minimum absolute atomic E-state index is 0.0239. The second-order valence-electron chi connectivity index (χ2n) is 8.32. The quantitative estimate of drug-likeness (QED) is 0.585. The van der Waals surface area contributed by atoms with Crippen molar-refractivity contribution < 1.29 is 14.3 Å². The van der Waals surface area contributed by atoms with Crippen molar-refractivity contribution in [1.29, 1.82) is 0 Å². The maximum Gasteiger partial charge on any atom is 0.255 e. The summed E-state index contributed by atoms with van der Waals surface area (Å²) in [5.41, 5.74) is 1.62. The van der Waals surface area contributed by atoms with Gasteiger partial charge < -0.3 is 25.3 Å². The third-order valence-electron chi connectivity index (χ3n) is 6.33. The molecule has 1 aliphatic carbocycles. The van der Waals surface area contributed by atoms with E-state index in [1.807, 2.05) is 0 Å². The molecular weight excluding hydrogens is 396 g/mol. The van der Waals surface area contributed by atoms with Crippen molar-refractivity contribution in [3.05, 3.63) is 30.6 Å². The highest BCUT2D eigenvalue weighted by atomic mass is 16.5. The van der Waals surface area contributed by atoms with Crippen LogP contribution in [0.25, 0.3) is 11.2 Å². The molecule has 166 valence electrons. The Hall–Kier alpha value is -2.94. The van der Waals surface area contributed by atoms with Crippen LogP contribution in [0.15, 0.2) is 25.0 Å². The van der Waals surface area contributed by atoms with E-state index in [1.54, 1.807) is 24.4 Å². The summed E-state index contributed by atoms with van der Waals surface area (Å²) in [5.74, 6) is 0.924. The summed E-state index contributed by atoms with van der Waals surface area (Å²) < 4.78 is 5.61. The second kappa shape index (κ2) is 9.47. The maximum atomic E-state index is 12.7. The topological polar surface area (TPSA) is 112 Å². The summed E-state index contributed by atoms with van der Waals surface area (Å²) in [6, 6.07) is -0.0239. The first-order chi connectivity index (χ1) is 15.1. The van der Waals surface area contributed by atoms with Gasteiger partial charge in [-0.25, -0.2) is 9.97 Å². The van der Waals surface area contributed by atoms with Crippen molar-refractivity contribution in [3.63, 3.8) is 0 Å². The highest BCUT2D eigenvalue weighted by molar-refractivity contribution is 6.04. The first-order valence-electron chi connectivity index (χ1n) is 10.9. The van der Waals surface area contributed by atoms with E-state index in [9.17, 15) is 9.59 Å². The number of aromatic amines is 1. The maximum absolute atomic E-state index is 12.7. The molecule has 0 spiro atoms. The number of hydrogen-bond donors (Lipinski definition) is 3. The first kappa shape index (κ1) is 21.3. The minimum Gasteiger partial charge on any atom is -0.377 e. The number of nitrogens with one attached hydrogen (secondary N) is 3. The van der Waals surface area contributed by atoms with E-state index < -0.39 is 0 Å². The van der Waals surface area contributed by atoms with Crippen LogP contribution in [-0.4, -0.2) is 70.6 Å². The number of H-pyrrole nitrogens is 1. The Bertz CT molecular complexity index is 952. The van der Waals surface area contributed by atoms with E-state index >= 15 is 0 Å². The molecule has 2 aliphatic rings. The van der Waals surface area contributed by atoms with Gasteiger partial charge in [-0.1, -0.05) is 19.4 Å². The average Bonchev–Trinajstić information content (AvgIpc) is 3.47. The molecule has 2 fully saturated rings. The Morgan fingerprint density at radius 3 is 2.90 bits per heavy atom. The number of methoxy groups -OCH3 is 1. The van der Waals surface area contributed by atoms with Crippen LogP contribution in [0.3, 0.4) is 0 Å². The molecule has 2 amide bonds. The molecule has 9 nitrogen and oxygen atoms in total. The number of aromatic nitrogens is 3. The van der Waals surface area contributed by atoms with Crippen LogP contribution in [0.4, 0.5) is 5.82 Å². The van der Waals surface area contributed by atoms with Crippen LogP contribution in [0.1, 0.15) is 42.5 Å². The first-order valence-corrected chi connectivity index (χ1v) is 10.9. The third-order valence-corrected chi connectivity index (χ3v) is 6.33. The van der Waals surface area contributed by atoms with Crippen molar-refractivity contribution in [2.75, 3.05) is 32.1 Å². The normalized spacial score (nSPS) is 21.9. The Morgan fingerprint density at radius 1 is 1.35 bits per heavy atom. The zero-order chi connectivity index (χ0) is 21.8. The van der Waals surface area contributed by atoms with Gasteiger partial charge in [0.25, 0.3) is 5.91 Å². The number of hydrogen-bond acceptors (Lipinski definition) is 6. The molecule has 3 N–H and O–H groups in total. The number of piperidine rings is 1. The zero-order valence-electron chi connectivity index (χ0n) is 17.9. The smallest absolute Gasteiger partial charge is 0.255 e. The fourth-order valence-corrected chi connectivity index (χ4v) is 4.52. The monoisotopic (exact) mass is 426 g/mol. The lowest BCUT2D eigenvalue weighted by atomic mass is 10.0. The van der Waals surface area contributed by atoms with E-state index in [4.69, 9.17) is 4.74 Å². The Kier molecular flexibility index (Phi) is 6.50. The van der Waals surface area contributed by atoms with E-state index in [2.05, 4.69) is 32.2 Å². The second-order valence-corrected chi connectivity index (χ2v) is 8.32. The van der Waals surface area contributed by atoms with Crippen LogP contribution >= 0.6 is 0 Å². The molecule has 0 bridgehead atoms. The number of ether oxygens (including phenoxy) is 1. The van der Waals surface area contributed by atoms with Gasteiger partial charge in [0.2, 0.25) is 5.91 Å². The number of carbonyl (C=O) groups excluding carboxylic acids is 2. The molecule has 1 unspecified atom stereocenters. The molecule has 1 saturated heterocycles. The van der Waals surface area contributed by atoms with Gasteiger partial charge in [-0.05, 0) is 31.3 Å². The standard InChI is InChI=1S/C22H30N6O3/c1-3-19(29)28-9-8-16(17(13-28)31-2)26-18-12-24-21-20(27-18)15(11-23-21)22(30)25-10-14-6-4-5-7-14/h3,11-12,14,16-17H,1,4-10,13H2,2H3,(H,23,24)(H,25,30)(H,26,27)/t16?,17-/m1/s1. The number of anilines is 1. The molecule has 3 heterocycles. The van der Waals surface area contributed by atoms with Crippen LogP contribution in [0.5, 0.6) is 0 Å². The Balaban J connectivity index is 1.45. The lowest BCUT2D eigenvalue weighted by Crippen LogP contribution is -2.52. The Labute approximate surface area is 181 Å². The van der Waals surface area contributed by atoms with Gasteiger partial charge in [0.05, 0.1) is 23.9 Å². The SMILES string of the molecule is C=CC(=O)N1CCC(Nc2cnc3[nH]cc(C(=O)NCC4CCCC4)c3n2)[C@H](OC)C1. The minimum atomic E-state index is -0.185. The molecule has 1 aliphatic heterocycles. The van der Waals surface area contributed by atoms with Crippen molar-refractivity contribution in [2.24, 2.45) is 5.92 Å². The molecule has 0 aromatic carbocycles. The van der Waals surface area contributed by atoms with Crippen LogP contribution in [-0.2, 0) is 9.53 Å². The van der Waals surface area contributed by atoms with Crippen LogP contribution < -0.4 is 10.6 Å². The van der Waals surface area contributed by atoms with E-state index in [1.165, 1.54) is 31.8 Å². The fourth-order valence-electron chi connectivity index (χ4n) is 4.52. The molecule has 0 radical (unpaired) electrons. The molecule has 1 saturated carbocycles. The number of fused-ring (bicyclic) bond motifs is 1. The summed E-state index contributed by atoms with van der Waals surface area (Å²) in [6.45, 7) is 5.34. The number of nitrogens with zero attached hydrogens (tertiary/aromatic N) is 3. The number of likely N-dealkylation sites (tertiary alicyclic amines) is 1. The van der Waals surface area contributed by atoms with E-state index in [-0.39, 0.29) is 24.0 Å². The largest absolute Gasteiger partial charge is 0.377 e. The van der Waals surface area contributed by atoms with Crippen LogP contribution in [0, 0.1) is 5.92 Å². The van der Waals surface area contributed by atoms with Gasteiger partial charge in [0.1, 0.15) is 11.3 Å². The van der Waals surface area contributed by atoms with Gasteiger partial charge in [-0.15, -0.1) is 0 Å². The van der Waals surface area contributed by atoms with Gasteiger partial charge in [0, 0.05) is 32.9 Å². The molecule has 4 rings (SSSR count). The van der Waals surface area contributed by atoms with E-state index in [0.29, 0.717) is 54.5 Å². The molecular formula is C22H30N6O3. The van der Waals surface area contributed by atoms with E-state index in [0.717, 1.165) is 0 Å². The summed E-state index contributed by atoms with van der Waals surface area (Å²) in [5, 5.41) is 6.42. The predicted molar refractivity (Wildman–Crippen MR) is 118 cm³/mol. The fraction of sp³-hybridized carbons (Fsp3) is 0.545. The third kappa shape index (κ3) is 4.71. The lowest BCUT2D eigenvalue weighted by Gasteiger charge is -2.37. The number of amides is 2. The molecule has 9 heteroatoms. The van der Waals surface area contributed by atoms with Crippen molar-refractivity contribution in [1.82, 2.24) is 25.2 Å². The molecule has 31 heavy (non-hydrogen) atoms. The zero-order valence-corrected chi connectivity index (χ0v) is 17.9. The van der Waals surface area contributed by atoms with Gasteiger partial charge in [-0.2, -0.15) is 0 Å². The van der Waals surface area contributed by atoms with Gasteiger partial charge in [-0.3, -0.25) is 9.59 Å². The summed E-state index contributed by atoms with van der Waals surface area (Å²) in [6.07, 6.45) is 10.0. The Morgan fingerprint density at radius 2 is 2.16 bits per heavy atom. The highest BCUT2D eigenvalue weighted by Crippen LogP contribution is 2.24. The summed E-state index contributed by atoms with van der Waals surface area (Å²) >= 11 is 0. The van der Waals surface area contributed by atoms with Crippen molar-refractivity contribution >= 4 is 28.8 Å². The average molecular weight is 427 g/mol. The van der Waals surface area contributed by atoms with Gasteiger partial charge >= 0.3 is 0 Å². The van der Waals surface area contributed by atoms with Crippen molar-refractivity contribution in [2.45, 2.75) is 44.2 Å². The highest BCUT2D eigenvalue weighted by Gasteiger charge is 2.31. The number of rotatable bonds is 7. The predicted octanol–water partition coefficient (Wildman–Crippen LogP) is 2.09. The molecule has 2 aromatic rings. The van der Waals surface area contributed by atoms with Crippen molar-refractivity contribution in [3.8, 4) is 0 Å². The number of carbonyl (C=O) groups is 2. The lowest BCUT2D eigenvalue weighted by molar-refractivity contribution is -0.129. The van der Waals surface area contributed by atoms with Gasteiger partial charge in [0.15, 0.2) is 5.65 Å². The summed E-state index contributed by atoms with van der Waals surface area (Å²) in [7, 11) is 1.63. The molecule has 2 aromatic heterocycles. The van der Waals surface area contributed by atoms with Crippen LogP contribution in [0.2, 0.25) is 0 Å². The molecule has 2 atom stereocenters.